The Kier molecular flexibility index (Phi) is 4.92. The zero-order chi connectivity index (χ0) is 16.9. The van der Waals surface area contributed by atoms with Gasteiger partial charge in [-0.25, -0.2) is 9.97 Å². The lowest BCUT2D eigenvalue weighted by molar-refractivity contribution is 0.271. The van der Waals surface area contributed by atoms with Crippen LogP contribution >= 0.6 is 0 Å². The second-order valence-electron chi connectivity index (χ2n) is 5.92. The van der Waals surface area contributed by atoms with E-state index in [0.717, 1.165) is 38.4 Å². The smallest absolute Gasteiger partial charge is 0.228 e. The molecule has 1 N–H and O–H groups in total. The van der Waals surface area contributed by atoms with Crippen LogP contribution in [0.1, 0.15) is 18.2 Å². The molecule has 0 atom stereocenters. The van der Waals surface area contributed by atoms with E-state index in [1.165, 1.54) is 11.3 Å². The number of hydrogen-bond donors (Lipinski definition) is 1. The number of piperazine rings is 1. The Labute approximate surface area is 142 Å². The molecule has 0 unspecified atom stereocenters. The third-order valence-electron chi connectivity index (χ3n) is 4.38. The van der Waals surface area contributed by atoms with Crippen LogP contribution in [0.15, 0.2) is 30.5 Å². The maximum Gasteiger partial charge on any atom is 0.228 e. The van der Waals surface area contributed by atoms with Crippen LogP contribution in [0, 0.1) is 18.3 Å². The maximum absolute atomic E-state index is 8.91. The number of rotatable bonds is 4. The summed E-state index contributed by atoms with van der Waals surface area (Å²) in [6.45, 7) is 9.82. The quantitative estimate of drug-likeness (QED) is 0.933. The first-order chi connectivity index (χ1) is 11.7. The van der Waals surface area contributed by atoms with Crippen LogP contribution in [0.4, 0.5) is 17.3 Å². The monoisotopic (exact) mass is 322 g/mol. The van der Waals surface area contributed by atoms with Crippen molar-refractivity contribution in [1.82, 2.24) is 14.9 Å². The van der Waals surface area contributed by atoms with E-state index in [-0.39, 0.29) is 0 Å². The standard InChI is InChI=1S/C18H22N6/c1-3-23-8-10-24(11-9-23)17-5-4-15(12-14(17)2)21-18-20-7-6-16(13-19)22-18/h4-7,12H,3,8-11H2,1-2H3,(H,20,21,22). The summed E-state index contributed by atoms with van der Waals surface area (Å²) in [5, 5.41) is 12.1. The Morgan fingerprint density at radius 2 is 2.00 bits per heavy atom. The van der Waals surface area contributed by atoms with Crippen molar-refractivity contribution in [3.8, 4) is 6.07 Å². The summed E-state index contributed by atoms with van der Waals surface area (Å²) >= 11 is 0. The minimum Gasteiger partial charge on any atom is -0.369 e. The lowest BCUT2D eigenvalue weighted by Gasteiger charge is -2.36. The number of aryl methyl sites for hydroxylation is 1. The number of aromatic nitrogens is 2. The molecule has 2 heterocycles. The third-order valence-corrected chi connectivity index (χ3v) is 4.38. The van der Waals surface area contributed by atoms with Crippen LogP contribution in [0.3, 0.4) is 0 Å². The Morgan fingerprint density at radius 3 is 2.67 bits per heavy atom. The molecule has 6 heteroatoms. The van der Waals surface area contributed by atoms with E-state index in [1.54, 1.807) is 12.3 Å². The van der Waals surface area contributed by atoms with Gasteiger partial charge in [0.1, 0.15) is 11.8 Å². The number of nitriles is 1. The zero-order valence-electron chi connectivity index (χ0n) is 14.2. The molecule has 1 aliphatic heterocycles. The van der Waals surface area contributed by atoms with Crippen molar-refractivity contribution < 1.29 is 0 Å². The van der Waals surface area contributed by atoms with Crippen LogP contribution in [-0.2, 0) is 0 Å². The van der Waals surface area contributed by atoms with E-state index >= 15 is 0 Å². The number of anilines is 3. The molecule has 1 saturated heterocycles. The molecule has 1 fully saturated rings. The molecule has 0 bridgehead atoms. The number of likely N-dealkylation sites (N-methyl/N-ethyl adjacent to an activating group) is 1. The molecule has 24 heavy (non-hydrogen) atoms. The molecule has 1 aromatic carbocycles. The second-order valence-corrected chi connectivity index (χ2v) is 5.92. The number of benzene rings is 1. The fourth-order valence-electron chi connectivity index (χ4n) is 3.00. The summed E-state index contributed by atoms with van der Waals surface area (Å²) in [6.07, 6.45) is 1.59. The van der Waals surface area contributed by atoms with Crippen LogP contribution in [0.5, 0.6) is 0 Å². The number of nitrogens with zero attached hydrogens (tertiary/aromatic N) is 5. The maximum atomic E-state index is 8.91. The largest absolute Gasteiger partial charge is 0.369 e. The minimum atomic E-state index is 0.356. The predicted octanol–water partition coefficient (Wildman–Crippen LogP) is 2.54. The highest BCUT2D eigenvalue weighted by Gasteiger charge is 2.17. The van der Waals surface area contributed by atoms with Crippen LogP contribution in [0.2, 0.25) is 0 Å². The van der Waals surface area contributed by atoms with E-state index in [2.05, 4.69) is 51.1 Å². The van der Waals surface area contributed by atoms with Crippen molar-refractivity contribution in [1.29, 1.82) is 5.26 Å². The van der Waals surface area contributed by atoms with Crippen molar-refractivity contribution in [2.24, 2.45) is 0 Å². The Balaban J connectivity index is 1.72. The fraction of sp³-hybridized carbons (Fsp3) is 0.389. The second kappa shape index (κ2) is 7.28. The highest BCUT2D eigenvalue weighted by molar-refractivity contribution is 5.63. The van der Waals surface area contributed by atoms with Crippen molar-refractivity contribution in [3.63, 3.8) is 0 Å². The van der Waals surface area contributed by atoms with E-state index in [0.29, 0.717) is 11.6 Å². The molecule has 1 aliphatic rings. The van der Waals surface area contributed by atoms with Gasteiger partial charge in [-0.3, -0.25) is 0 Å². The molecule has 6 nitrogen and oxygen atoms in total. The van der Waals surface area contributed by atoms with Crippen LogP contribution in [-0.4, -0.2) is 47.6 Å². The van der Waals surface area contributed by atoms with Gasteiger partial charge in [0.2, 0.25) is 5.95 Å². The predicted molar refractivity (Wildman–Crippen MR) is 95.5 cm³/mol. The molecule has 0 spiro atoms. The lowest BCUT2D eigenvalue weighted by atomic mass is 10.1. The van der Waals surface area contributed by atoms with Crippen LogP contribution < -0.4 is 10.2 Å². The first kappa shape index (κ1) is 16.2. The van der Waals surface area contributed by atoms with Gasteiger partial charge in [0.25, 0.3) is 0 Å². The van der Waals surface area contributed by atoms with Crippen molar-refractivity contribution in [3.05, 3.63) is 41.7 Å². The summed E-state index contributed by atoms with van der Waals surface area (Å²) in [5.41, 5.74) is 3.79. The highest BCUT2D eigenvalue weighted by Crippen LogP contribution is 2.25. The van der Waals surface area contributed by atoms with Crippen molar-refractivity contribution in [2.45, 2.75) is 13.8 Å². The van der Waals surface area contributed by atoms with Gasteiger partial charge in [-0.2, -0.15) is 5.26 Å². The fourth-order valence-corrected chi connectivity index (χ4v) is 3.00. The van der Waals surface area contributed by atoms with E-state index in [4.69, 9.17) is 5.26 Å². The first-order valence-corrected chi connectivity index (χ1v) is 8.27. The highest BCUT2D eigenvalue weighted by atomic mass is 15.3. The van der Waals surface area contributed by atoms with Crippen molar-refractivity contribution >= 4 is 17.3 Å². The minimum absolute atomic E-state index is 0.356. The van der Waals surface area contributed by atoms with Crippen molar-refractivity contribution in [2.75, 3.05) is 42.9 Å². The summed E-state index contributed by atoms with van der Waals surface area (Å²) in [5.74, 6) is 0.442. The SMILES string of the molecule is CCN1CCN(c2ccc(Nc3nccc(C#N)n3)cc2C)CC1. The topological polar surface area (TPSA) is 68.1 Å². The third kappa shape index (κ3) is 3.63. The normalized spacial score (nSPS) is 15.1. The average Bonchev–Trinajstić information content (AvgIpc) is 2.62. The molecule has 1 aromatic heterocycles. The van der Waals surface area contributed by atoms with Gasteiger partial charge in [0.15, 0.2) is 0 Å². The van der Waals surface area contributed by atoms with Crippen LogP contribution in [0.25, 0.3) is 0 Å². The first-order valence-electron chi connectivity index (χ1n) is 8.27. The van der Waals surface area contributed by atoms with Gasteiger partial charge in [-0.05, 0) is 43.3 Å². The zero-order valence-corrected chi connectivity index (χ0v) is 14.2. The molecular formula is C18H22N6. The van der Waals surface area contributed by atoms with Gasteiger partial charge < -0.3 is 15.1 Å². The van der Waals surface area contributed by atoms with Gasteiger partial charge in [-0.15, -0.1) is 0 Å². The molecule has 2 aromatic rings. The number of nitrogens with one attached hydrogen (secondary N) is 1. The van der Waals surface area contributed by atoms with E-state index in [1.807, 2.05) is 12.1 Å². The molecule has 0 amide bonds. The van der Waals surface area contributed by atoms with Gasteiger partial charge >= 0.3 is 0 Å². The van der Waals surface area contributed by atoms with Gasteiger partial charge in [0.05, 0.1) is 0 Å². The van der Waals surface area contributed by atoms with Gasteiger partial charge in [0, 0.05) is 43.8 Å². The summed E-state index contributed by atoms with van der Waals surface area (Å²) < 4.78 is 0. The Morgan fingerprint density at radius 1 is 1.21 bits per heavy atom. The molecular weight excluding hydrogens is 300 g/mol. The molecule has 124 valence electrons. The van der Waals surface area contributed by atoms with E-state index in [9.17, 15) is 0 Å². The average molecular weight is 322 g/mol. The lowest BCUT2D eigenvalue weighted by Crippen LogP contribution is -2.46. The Bertz CT molecular complexity index is 743. The molecule has 0 saturated carbocycles. The summed E-state index contributed by atoms with van der Waals surface area (Å²) in [4.78, 5) is 13.2. The molecule has 0 radical (unpaired) electrons. The summed E-state index contributed by atoms with van der Waals surface area (Å²) in [6, 6.07) is 9.90. The van der Waals surface area contributed by atoms with E-state index < -0.39 is 0 Å². The van der Waals surface area contributed by atoms with Gasteiger partial charge in [-0.1, -0.05) is 6.92 Å². The number of hydrogen-bond acceptors (Lipinski definition) is 6. The summed E-state index contributed by atoms with van der Waals surface area (Å²) in [7, 11) is 0. The Hall–Kier alpha value is -2.65. The molecule has 3 rings (SSSR count). The molecule has 0 aliphatic carbocycles.